The molecule has 0 aliphatic heterocycles. The number of para-hydroxylation sites is 2. The van der Waals surface area contributed by atoms with Crippen LogP contribution in [0.4, 0.5) is 5.69 Å². The lowest BCUT2D eigenvalue weighted by Gasteiger charge is -2.09. The lowest BCUT2D eigenvalue weighted by molar-refractivity contribution is 0.0156. The summed E-state index contributed by atoms with van der Waals surface area (Å²) in [5.74, 6) is 0.0142. The summed E-state index contributed by atoms with van der Waals surface area (Å²) < 4.78 is 10.2. The molecule has 5 heteroatoms. The van der Waals surface area contributed by atoms with Gasteiger partial charge in [0.25, 0.3) is 0 Å². The van der Waals surface area contributed by atoms with Crippen molar-refractivity contribution in [1.82, 2.24) is 0 Å². The molecule has 19 heavy (non-hydrogen) atoms. The number of nitrogens with two attached hydrogens (primary N) is 1. The SMILES string of the molecule is Nc1ccccc1OCOC(=O)c1ccc(O)cc1. The first-order valence-corrected chi connectivity index (χ1v) is 5.60. The third-order valence-corrected chi connectivity index (χ3v) is 2.43. The highest BCUT2D eigenvalue weighted by molar-refractivity contribution is 5.89. The van der Waals surface area contributed by atoms with E-state index in [-0.39, 0.29) is 12.5 Å². The van der Waals surface area contributed by atoms with E-state index in [2.05, 4.69) is 0 Å². The lowest BCUT2D eigenvalue weighted by Crippen LogP contribution is -2.11. The molecular formula is C14H13NO4. The maximum atomic E-state index is 11.6. The Labute approximate surface area is 110 Å². The maximum Gasteiger partial charge on any atom is 0.341 e. The predicted octanol–water partition coefficient (Wildman–Crippen LogP) is 2.17. The third kappa shape index (κ3) is 3.38. The molecule has 0 saturated heterocycles. The Hall–Kier alpha value is -2.69. The maximum absolute atomic E-state index is 11.6. The molecule has 2 rings (SSSR count). The summed E-state index contributed by atoms with van der Waals surface area (Å²) in [7, 11) is 0. The number of phenolic OH excluding ortho intramolecular Hbond substituents is 1. The number of hydrogen-bond donors (Lipinski definition) is 2. The minimum atomic E-state index is -0.533. The zero-order valence-electron chi connectivity index (χ0n) is 10.1. The molecule has 2 aromatic rings. The van der Waals surface area contributed by atoms with Crippen LogP contribution in [-0.2, 0) is 4.74 Å². The molecule has 5 nitrogen and oxygen atoms in total. The molecule has 0 aliphatic rings. The van der Waals surface area contributed by atoms with Crippen molar-refractivity contribution in [3.05, 3.63) is 54.1 Å². The average Bonchev–Trinajstić information content (AvgIpc) is 2.41. The van der Waals surface area contributed by atoms with Gasteiger partial charge in [0, 0.05) is 0 Å². The molecule has 0 amide bonds. The highest BCUT2D eigenvalue weighted by Crippen LogP contribution is 2.19. The first-order valence-electron chi connectivity index (χ1n) is 5.60. The molecule has 0 aliphatic carbocycles. The van der Waals surface area contributed by atoms with Crippen LogP contribution >= 0.6 is 0 Å². The van der Waals surface area contributed by atoms with E-state index in [1.807, 2.05) is 0 Å². The van der Waals surface area contributed by atoms with Gasteiger partial charge in [-0.2, -0.15) is 0 Å². The van der Waals surface area contributed by atoms with Gasteiger partial charge in [-0.1, -0.05) is 12.1 Å². The number of carbonyl (C=O) groups is 1. The van der Waals surface area contributed by atoms with Gasteiger partial charge in [0.15, 0.2) is 0 Å². The number of benzene rings is 2. The number of ether oxygens (including phenoxy) is 2. The zero-order chi connectivity index (χ0) is 13.7. The molecule has 2 aromatic carbocycles. The molecule has 0 radical (unpaired) electrons. The van der Waals surface area contributed by atoms with Gasteiger partial charge in [-0.25, -0.2) is 4.79 Å². The lowest BCUT2D eigenvalue weighted by atomic mass is 10.2. The Morgan fingerprint density at radius 3 is 2.47 bits per heavy atom. The van der Waals surface area contributed by atoms with Gasteiger partial charge in [0.05, 0.1) is 11.3 Å². The van der Waals surface area contributed by atoms with Crippen LogP contribution in [0.2, 0.25) is 0 Å². The molecule has 0 fully saturated rings. The van der Waals surface area contributed by atoms with Gasteiger partial charge < -0.3 is 20.3 Å². The standard InChI is InChI=1S/C14H13NO4/c15-12-3-1-2-4-13(12)18-9-19-14(17)10-5-7-11(16)8-6-10/h1-8,16H,9,15H2. The topological polar surface area (TPSA) is 81.8 Å². The van der Waals surface area contributed by atoms with E-state index >= 15 is 0 Å². The monoisotopic (exact) mass is 259 g/mol. The second-order valence-electron chi connectivity index (χ2n) is 3.78. The molecule has 0 spiro atoms. The van der Waals surface area contributed by atoms with E-state index in [9.17, 15) is 4.79 Å². The van der Waals surface area contributed by atoms with Crippen molar-refractivity contribution in [3.63, 3.8) is 0 Å². The molecular weight excluding hydrogens is 246 g/mol. The molecule has 3 N–H and O–H groups in total. The molecule has 98 valence electrons. The minimum absolute atomic E-state index is 0.0878. The van der Waals surface area contributed by atoms with Crippen LogP contribution in [0, 0.1) is 0 Å². The van der Waals surface area contributed by atoms with Crippen molar-refractivity contribution < 1.29 is 19.4 Å². The van der Waals surface area contributed by atoms with Crippen LogP contribution in [0.15, 0.2) is 48.5 Å². The van der Waals surface area contributed by atoms with Crippen LogP contribution in [-0.4, -0.2) is 17.9 Å². The van der Waals surface area contributed by atoms with E-state index in [4.69, 9.17) is 20.3 Å². The third-order valence-electron chi connectivity index (χ3n) is 2.43. The number of aromatic hydroxyl groups is 1. The van der Waals surface area contributed by atoms with Crippen molar-refractivity contribution in [2.45, 2.75) is 0 Å². The Morgan fingerprint density at radius 1 is 1.11 bits per heavy atom. The number of esters is 1. The number of rotatable bonds is 4. The molecule has 0 atom stereocenters. The van der Waals surface area contributed by atoms with Crippen LogP contribution in [0.1, 0.15) is 10.4 Å². The number of phenols is 1. The van der Waals surface area contributed by atoms with Gasteiger partial charge in [0.2, 0.25) is 6.79 Å². The second-order valence-corrected chi connectivity index (χ2v) is 3.78. The van der Waals surface area contributed by atoms with Gasteiger partial charge in [-0.05, 0) is 36.4 Å². The Balaban J connectivity index is 1.88. The smallest absolute Gasteiger partial charge is 0.341 e. The predicted molar refractivity (Wildman–Crippen MR) is 69.9 cm³/mol. The van der Waals surface area contributed by atoms with Gasteiger partial charge >= 0.3 is 5.97 Å². The van der Waals surface area contributed by atoms with Crippen molar-refractivity contribution in [2.75, 3.05) is 12.5 Å². The first kappa shape index (κ1) is 12.8. The van der Waals surface area contributed by atoms with E-state index in [0.29, 0.717) is 17.0 Å². The Bertz CT molecular complexity index is 566. The van der Waals surface area contributed by atoms with Crippen molar-refractivity contribution in [3.8, 4) is 11.5 Å². The van der Waals surface area contributed by atoms with Gasteiger partial charge in [-0.15, -0.1) is 0 Å². The molecule has 0 saturated carbocycles. The second kappa shape index (κ2) is 5.77. The summed E-state index contributed by atoms with van der Waals surface area (Å²) in [5.41, 5.74) is 6.48. The highest BCUT2D eigenvalue weighted by atomic mass is 16.7. The Morgan fingerprint density at radius 2 is 1.79 bits per heavy atom. The molecule has 0 unspecified atom stereocenters. The first-order chi connectivity index (χ1) is 9.16. The molecule has 0 bridgehead atoms. The number of carbonyl (C=O) groups excluding carboxylic acids is 1. The molecule has 0 heterocycles. The fraction of sp³-hybridized carbons (Fsp3) is 0.0714. The summed E-state index contributed by atoms with van der Waals surface area (Å²) in [6, 6.07) is 12.7. The Kier molecular flexibility index (Phi) is 3.87. The van der Waals surface area contributed by atoms with Crippen LogP contribution < -0.4 is 10.5 Å². The van der Waals surface area contributed by atoms with E-state index in [1.165, 1.54) is 24.3 Å². The van der Waals surface area contributed by atoms with Gasteiger partial charge in [-0.3, -0.25) is 0 Å². The quantitative estimate of drug-likeness (QED) is 0.499. The number of nitrogen functional groups attached to an aromatic ring is 1. The normalized spacial score (nSPS) is 9.89. The number of anilines is 1. The van der Waals surface area contributed by atoms with Crippen molar-refractivity contribution >= 4 is 11.7 Å². The molecule has 0 aromatic heterocycles. The fourth-order valence-corrected chi connectivity index (χ4v) is 1.44. The summed E-state index contributed by atoms with van der Waals surface area (Å²) in [6.07, 6.45) is 0. The number of hydrogen-bond acceptors (Lipinski definition) is 5. The van der Waals surface area contributed by atoms with E-state index < -0.39 is 5.97 Å². The van der Waals surface area contributed by atoms with Crippen molar-refractivity contribution in [2.24, 2.45) is 0 Å². The summed E-state index contributed by atoms with van der Waals surface area (Å²) >= 11 is 0. The largest absolute Gasteiger partial charge is 0.508 e. The summed E-state index contributed by atoms with van der Waals surface area (Å²) in [6.45, 7) is -0.228. The van der Waals surface area contributed by atoms with Crippen LogP contribution in [0.3, 0.4) is 0 Å². The average molecular weight is 259 g/mol. The van der Waals surface area contributed by atoms with Crippen molar-refractivity contribution in [1.29, 1.82) is 0 Å². The summed E-state index contributed by atoms with van der Waals surface area (Å²) in [5, 5.41) is 9.10. The highest BCUT2D eigenvalue weighted by Gasteiger charge is 2.07. The van der Waals surface area contributed by atoms with Gasteiger partial charge in [0.1, 0.15) is 11.5 Å². The fourth-order valence-electron chi connectivity index (χ4n) is 1.44. The minimum Gasteiger partial charge on any atom is -0.508 e. The van der Waals surface area contributed by atoms with E-state index in [0.717, 1.165) is 0 Å². The summed E-state index contributed by atoms with van der Waals surface area (Å²) in [4.78, 5) is 11.6. The van der Waals surface area contributed by atoms with E-state index in [1.54, 1.807) is 24.3 Å². The van der Waals surface area contributed by atoms with Crippen LogP contribution in [0.5, 0.6) is 11.5 Å². The zero-order valence-corrected chi connectivity index (χ0v) is 10.1. The van der Waals surface area contributed by atoms with Crippen LogP contribution in [0.25, 0.3) is 0 Å².